The first-order valence-corrected chi connectivity index (χ1v) is 12.0. The van der Waals surface area contributed by atoms with Crippen LogP contribution in [0.4, 0.5) is 0 Å². The highest BCUT2D eigenvalue weighted by Gasteiger charge is 2.38. The summed E-state index contributed by atoms with van der Waals surface area (Å²) in [6, 6.07) is 19.7. The quantitative estimate of drug-likeness (QED) is 0.324. The predicted octanol–water partition coefficient (Wildman–Crippen LogP) is 5.58. The smallest absolute Gasteiger partial charge is 0.158 e. The fourth-order valence-corrected chi connectivity index (χ4v) is 5.11. The van der Waals surface area contributed by atoms with Crippen LogP contribution in [-0.2, 0) is 19.3 Å². The van der Waals surface area contributed by atoms with Gasteiger partial charge in [0.2, 0.25) is 0 Å². The Kier molecular flexibility index (Phi) is 5.12. The maximum atomic E-state index is 12.5. The summed E-state index contributed by atoms with van der Waals surface area (Å²) in [5.74, 6) is 1.46. The summed E-state index contributed by atoms with van der Waals surface area (Å²) in [6.07, 6.45) is 5.11. The van der Waals surface area contributed by atoms with Crippen LogP contribution in [0.3, 0.4) is 0 Å². The lowest BCUT2D eigenvalue weighted by atomic mass is 9.83. The second kappa shape index (κ2) is 8.22. The fourth-order valence-electron chi connectivity index (χ4n) is 4.75. The molecule has 1 aliphatic rings. The van der Waals surface area contributed by atoms with Gasteiger partial charge in [-0.3, -0.25) is 4.98 Å². The molecule has 1 atom stereocenters. The molecule has 174 valence electrons. The average Bonchev–Trinajstić information content (AvgIpc) is 3.32. The Morgan fingerprint density at radius 2 is 1.94 bits per heavy atom. The summed E-state index contributed by atoms with van der Waals surface area (Å²) < 4.78 is 14.5. The minimum atomic E-state index is -1.49. The number of imidazole rings is 1. The molecule has 1 N–H and O–H groups in total. The zero-order valence-electron chi connectivity index (χ0n) is 19.2. The van der Waals surface area contributed by atoms with Crippen LogP contribution in [0, 0.1) is 0 Å². The van der Waals surface area contributed by atoms with Crippen molar-refractivity contribution in [2.45, 2.75) is 12.2 Å². The van der Waals surface area contributed by atoms with Gasteiger partial charge in [0.05, 0.1) is 30.8 Å². The zero-order chi connectivity index (χ0) is 24.2. The van der Waals surface area contributed by atoms with E-state index in [9.17, 15) is 5.11 Å². The molecule has 0 radical (unpaired) electrons. The lowest BCUT2D eigenvalue weighted by Gasteiger charge is -2.30. The molecular weight excluding hydrogens is 506 g/mol. The first-order chi connectivity index (χ1) is 17.0. The van der Waals surface area contributed by atoms with Crippen molar-refractivity contribution in [2.75, 3.05) is 7.11 Å². The van der Waals surface area contributed by atoms with Crippen molar-refractivity contribution >= 4 is 26.8 Å². The number of aliphatic hydroxyl groups is 1. The largest absolute Gasteiger partial charge is 0.497 e. The number of hydrogen-bond donors (Lipinski definition) is 1. The van der Waals surface area contributed by atoms with E-state index in [2.05, 4.69) is 20.9 Å². The Morgan fingerprint density at radius 1 is 1.06 bits per heavy atom. The summed E-state index contributed by atoms with van der Waals surface area (Å²) >= 11 is 3.65. The van der Waals surface area contributed by atoms with E-state index in [4.69, 9.17) is 14.5 Å². The molecule has 0 saturated carbocycles. The number of aryl methyl sites for hydroxylation is 1. The number of fused-ring (bicyclic) bond motifs is 6. The minimum Gasteiger partial charge on any atom is -0.497 e. The van der Waals surface area contributed by atoms with Crippen molar-refractivity contribution in [3.63, 3.8) is 0 Å². The maximum absolute atomic E-state index is 12.5. The van der Waals surface area contributed by atoms with Gasteiger partial charge in [-0.1, -0.05) is 34.1 Å². The van der Waals surface area contributed by atoms with E-state index in [-0.39, 0.29) is 0 Å². The molecule has 3 aromatic carbocycles. The SMILES string of the molecule is COc1cc2c3cc(cnc3c1)C(O)(c1cncn1C)c1ccc(Br)c(c1)COc1cccc-2c1. The van der Waals surface area contributed by atoms with E-state index in [0.717, 1.165) is 37.8 Å². The Hall–Kier alpha value is -3.68. The van der Waals surface area contributed by atoms with E-state index in [0.29, 0.717) is 29.2 Å². The number of halogens is 1. The number of nitrogens with zero attached hydrogens (tertiary/aromatic N) is 3. The molecule has 3 heterocycles. The standard InChI is InChI=1S/C28H22BrN3O3/c1-32-16-30-14-27(32)28(33)19-6-7-25(29)18(8-19)15-35-21-5-3-4-17(9-21)23-11-22(34-2)12-26-24(23)10-20(28)13-31-26/h3-14,16,33H,15H2,1-2H3. The molecule has 0 aliphatic carbocycles. The zero-order valence-corrected chi connectivity index (χ0v) is 20.8. The van der Waals surface area contributed by atoms with Crippen molar-refractivity contribution in [3.05, 3.63) is 106 Å². The van der Waals surface area contributed by atoms with E-state index < -0.39 is 5.60 Å². The van der Waals surface area contributed by atoms with Crippen molar-refractivity contribution in [2.24, 2.45) is 7.05 Å². The number of benzene rings is 3. The molecule has 0 fully saturated rings. The van der Waals surface area contributed by atoms with E-state index in [1.165, 1.54) is 0 Å². The van der Waals surface area contributed by atoms with Gasteiger partial charge in [0.25, 0.3) is 0 Å². The van der Waals surface area contributed by atoms with Gasteiger partial charge in [0, 0.05) is 40.3 Å². The first kappa shape index (κ1) is 21.8. The number of aromatic nitrogens is 3. The van der Waals surface area contributed by atoms with Crippen LogP contribution >= 0.6 is 15.9 Å². The Labute approximate surface area is 210 Å². The normalized spacial score (nSPS) is 16.8. The van der Waals surface area contributed by atoms with Crippen LogP contribution in [-0.4, -0.2) is 26.8 Å². The third-order valence-electron chi connectivity index (χ3n) is 6.62. The third kappa shape index (κ3) is 3.50. The van der Waals surface area contributed by atoms with E-state index in [1.807, 2.05) is 72.3 Å². The summed E-state index contributed by atoms with van der Waals surface area (Å²) in [4.78, 5) is 9.07. The number of rotatable bonds is 2. The molecule has 1 unspecified atom stereocenters. The van der Waals surface area contributed by atoms with Crippen LogP contribution < -0.4 is 9.47 Å². The molecule has 6 bridgehead atoms. The van der Waals surface area contributed by atoms with Crippen molar-refractivity contribution in [1.82, 2.24) is 14.5 Å². The van der Waals surface area contributed by atoms with Crippen LogP contribution in [0.15, 0.2) is 83.9 Å². The highest BCUT2D eigenvalue weighted by Crippen LogP contribution is 2.41. The molecule has 1 aliphatic heterocycles. The van der Waals surface area contributed by atoms with Crippen molar-refractivity contribution in [1.29, 1.82) is 0 Å². The number of pyridine rings is 1. The third-order valence-corrected chi connectivity index (χ3v) is 7.39. The lowest BCUT2D eigenvalue weighted by molar-refractivity contribution is 0.117. The van der Waals surface area contributed by atoms with Gasteiger partial charge in [-0.05, 0) is 53.1 Å². The second-order valence-electron chi connectivity index (χ2n) is 8.69. The average molecular weight is 528 g/mol. The Bertz CT molecular complexity index is 1600. The molecule has 7 heteroatoms. The maximum Gasteiger partial charge on any atom is 0.158 e. The second-order valence-corrected chi connectivity index (χ2v) is 9.54. The first-order valence-electron chi connectivity index (χ1n) is 11.2. The van der Waals surface area contributed by atoms with Gasteiger partial charge in [-0.25, -0.2) is 4.98 Å². The molecule has 0 saturated heterocycles. The van der Waals surface area contributed by atoms with Crippen molar-refractivity contribution in [3.8, 4) is 22.6 Å². The highest BCUT2D eigenvalue weighted by atomic mass is 79.9. The van der Waals surface area contributed by atoms with Crippen LogP contribution in [0.1, 0.15) is 22.4 Å². The van der Waals surface area contributed by atoms with Gasteiger partial charge < -0.3 is 19.1 Å². The Morgan fingerprint density at radius 3 is 2.74 bits per heavy atom. The summed E-state index contributed by atoms with van der Waals surface area (Å²) in [6.45, 7) is 0.336. The monoisotopic (exact) mass is 527 g/mol. The molecule has 0 spiro atoms. The number of hydrogen-bond acceptors (Lipinski definition) is 5. The van der Waals surface area contributed by atoms with Gasteiger partial charge in [0.15, 0.2) is 5.60 Å². The summed E-state index contributed by atoms with van der Waals surface area (Å²) in [7, 11) is 3.52. The van der Waals surface area contributed by atoms with Gasteiger partial charge in [0.1, 0.15) is 18.1 Å². The minimum absolute atomic E-state index is 0.336. The topological polar surface area (TPSA) is 69.4 Å². The Balaban J connectivity index is 1.73. The number of methoxy groups -OCH3 is 1. The summed E-state index contributed by atoms with van der Waals surface area (Å²) in [5, 5.41) is 13.4. The molecule has 5 aromatic rings. The van der Waals surface area contributed by atoms with Crippen LogP contribution in [0.2, 0.25) is 0 Å². The molecular formula is C28H22BrN3O3. The predicted molar refractivity (Wildman–Crippen MR) is 138 cm³/mol. The van der Waals surface area contributed by atoms with E-state index in [1.54, 1.807) is 25.8 Å². The molecule has 2 aromatic heterocycles. The molecule has 6 nitrogen and oxygen atoms in total. The lowest BCUT2D eigenvalue weighted by Crippen LogP contribution is -2.31. The molecule has 6 rings (SSSR count). The van der Waals surface area contributed by atoms with Crippen LogP contribution in [0.25, 0.3) is 22.0 Å². The van der Waals surface area contributed by atoms with Crippen molar-refractivity contribution < 1.29 is 14.6 Å². The fraction of sp³-hybridized carbons (Fsp3) is 0.143. The van der Waals surface area contributed by atoms with Gasteiger partial charge in [-0.15, -0.1) is 0 Å². The summed E-state index contributed by atoms with van der Waals surface area (Å²) in [5.41, 5.74) is 4.09. The molecule has 35 heavy (non-hydrogen) atoms. The van der Waals surface area contributed by atoms with Crippen LogP contribution in [0.5, 0.6) is 11.5 Å². The molecule has 0 amide bonds. The highest BCUT2D eigenvalue weighted by molar-refractivity contribution is 9.10. The van der Waals surface area contributed by atoms with Gasteiger partial charge in [-0.2, -0.15) is 0 Å². The van der Waals surface area contributed by atoms with E-state index >= 15 is 0 Å². The number of ether oxygens (including phenoxy) is 2. The van der Waals surface area contributed by atoms with Gasteiger partial charge >= 0.3 is 0 Å².